The van der Waals surface area contributed by atoms with Crippen molar-refractivity contribution >= 4 is 17.2 Å². The molecule has 0 aliphatic carbocycles. The molecule has 138 valence electrons. The largest absolute Gasteiger partial charge is 0.503 e. The van der Waals surface area contributed by atoms with E-state index in [0.717, 1.165) is 40.3 Å². The van der Waals surface area contributed by atoms with Crippen LogP contribution in [-0.4, -0.2) is 26.7 Å². The summed E-state index contributed by atoms with van der Waals surface area (Å²) in [6.45, 7) is 5.15. The van der Waals surface area contributed by atoms with E-state index in [4.69, 9.17) is 18.7 Å². The average molecular weight is 357 g/mol. The minimum atomic E-state index is -0.439. The van der Waals surface area contributed by atoms with Crippen molar-refractivity contribution in [3.63, 3.8) is 0 Å². The predicted octanol–water partition coefficient (Wildman–Crippen LogP) is 3.55. The summed E-state index contributed by atoms with van der Waals surface area (Å²) in [6.07, 6.45) is 2.15. The molecule has 0 amide bonds. The van der Waals surface area contributed by atoms with E-state index in [0.29, 0.717) is 18.7 Å². The monoisotopic (exact) mass is 357 g/mol. The molecule has 0 radical (unpaired) electrons. The average Bonchev–Trinajstić information content (AvgIpc) is 3.18. The van der Waals surface area contributed by atoms with E-state index in [1.807, 2.05) is 43.2 Å². The molecule has 3 rings (SSSR count). The number of hydroxylamine groups is 1. The summed E-state index contributed by atoms with van der Waals surface area (Å²) in [6, 6.07) is 7.78. The highest BCUT2D eigenvalue weighted by Gasteiger charge is 2.23. The standard InChI is InChI=1S/C20H23NO5/c1-13-9-14(2)26-19(13)7-8-21-18-6-5-15(10-16(18)11-25-21)17(12-23-3)20(22)24-4/h5-6,9-10,12H,7-8,11H2,1-4H3. The zero-order chi connectivity index (χ0) is 18.7. The summed E-state index contributed by atoms with van der Waals surface area (Å²) in [5, 5.41) is 1.87. The Labute approximate surface area is 152 Å². The van der Waals surface area contributed by atoms with Crippen LogP contribution in [0.5, 0.6) is 0 Å². The minimum Gasteiger partial charge on any atom is -0.503 e. The Bertz CT molecular complexity index is 837. The van der Waals surface area contributed by atoms with E-state index in [1.165, 1.54) is 20.5 Å². The molecule has 0 N–H and O–H groups in total. The van der Waals surface area contributed by atoms with Gasteiger partial charge < -0.3 is 13.9 Å². The molecule has 2 aromatic rings. The Morgan fingerprint density at radius 1 is 1.27 bits per heavy atom. The number of carbonyl (C=O) groups is 1. The molecule has 2 heterocycles. The quantitative estimate of drug-likeness (QED) is 0.448. The molecule has 0 spiro atoms. The van der Waals surface area contributed by atoms with Gasteiger partial charge in [-0.05, 0) is 43.2 Å². The van der Waals surface area contributed by atoms with Crippen molar-refractivity contribution in [2.75, 3.05) is 25.8 Å². The Kier molecular flexibility index (Phi) is 5.32. The van der Waals surface area contributed by atoms with Crippen LogP contribution in [0.3, 0.4) is 0 Å². The molecule has 1 aliphatic heterocycles. The van der Waals surface area contributed by atoms with E-state index in [9.17, 15) is 4.79 Å². The number of aryl methyl sites for hydroxylation is 2. The lowest BCUT2D eigenvalue weighted by Crippen LogP contribution is -2.21. The van der Waals surface area contributed by atoms with Gasteiger partial charge in [0.25, 0.3) is 0 Å². The fourth-order valence-corrected chi connectivity index (χ4v) is 3.12. The number of ether oxygens (including phenoxy) is 2. The Morgan fingerprint density at radius 3 is 2.73 bits per heavy atom. The Hall–Kier alpha value is -2.73. The highest BCUT2D eigenvalue weighted by Crippen LogP contribution is 2.32. The summed E-state index contributed by atoms with van der Waals surface area (Å²) in [5.41, 5.74) is 4.28. The summed E-state index contributed by atoms with van der Waals surface area (Å²) in [4.78, 5) is 17.7. The minimum absolute atomic E-state index is 0.373. The van der Waals surface area contributed by atoms with Crippen molar-refractivity contribution < 1.29 is 23.5 Å². The van der Waals surface area contributed by atoms with Gasteiger partial charge in [0.1, 0.15) is 23.7 Å². The van der Waals surface area contributed by atoms with Crippen molar-refractivity contribution in [3.8, 4) is 0 Å². The van der Waals surface area contributed by atoms with Crippen molar-refractivity contribution in [1.82, 2.24) is 0 Å². The normalized spacial score (nSPS) is 13.7. The van der Waals surface area contributed by atoms with E-state index >= 15 is 0 Å². The second kappa shape index (κ2) is 7.66. The van der Waals surface area contributed by atoms with E-state index in [1.54, 1.807) is 0 Å². The van der Waals surface area contributed by atoms with Crippen molar-refractivity contribution in [1.29, 1.82) is 0 Å². The fraction of sp³-hybridized carbons (Fsp3) is 0.350. The molecule has 0 saturated carbocycles. The van der Waals surface area contributed by atoms with Crippen molar-refractivity contribution in [3.05, 3.63) is 58.7 Å². The maximum absolute atomic E-state index is 11.9. The van der Waals surface area contributed by atoms with Crippen molar-refractivity contribution in [2.24, 2.45) is 0 Å². The highest BCUT2D eigenvalue weighted by molar-refractivity contribution is 6.16. The number of nitrogens with zero attached hydrogens (tertiary/aromatic N) is 1. The number of hydrogen-bond donors (Lipinski definition) is 0. The molecule has 0 atom stereocenters. The van der Waals surface area contributed by atoms with E-state index in [-0.39, 0.29) is 0 Å². The first kappa shape index (κ1) is 18.1. The van der Waals surface area contributed by atoms with Gasteiger partial charge in [0.2, 0.25) is 0 Å². The van der Waals surface area contributed by atoms with Crippen LogP contribution in [0.1, 0.15) is 28.2 Å². The number of benzene rings is 1. The second-order valence-corrected chi connectivity index (χ2v) is 6.19. The third-order valence-corrected chi connectivity index (χ3v) is 4.36. The second-order valence-electron chi connectivity index (χ2n) is 6.19. The molecule has 0 saturated heterocycles. The molecule has 1 aliphatic rings. The van der Waals surface area contributed by atoms with Gasteiger partial charge in [0, 0.05) is 12.0 Å². The van der Waals surface area contributed by atoms with Gasteiger partial charge in [-0.3, -0.25) is 9.90 Å². The molecule has 6 nitrogen and oxygen atoms in total. The zero-order valence-corrected chi connectivity index (χ0v) is 15.5. The number of hydrogen-bond acceptors (Lipinski definition) is 6. The Morgan fingerprint density at radius 2 is 2.08 bits per heavy atom. The molecule has 0 bridgehead atoms. The molecule has 1 aromatic carbocycles. The van der Waals surface area contributed by atoms with Crippen molar-refractivity contribution in [2.45, 2.75) is 26.9 Å². The highest BCUT2D eigenvalue weighted by atomic mass is 16.7. The van der Waals surface area contributed by atoms with Crippen LogP contribution < -0.4 is 5.06 Å². The fourth-order valence-electron chi connectivity index (χ4n) is 3.12. The van der Waals surface area contributed by atoms with Gasteiger partial charge in [0.05, 0.1) is 32.7 Å². The summed E-state index contributed by atoms with van der Waals surface area (Å²) in [5.74, 6) is 1.46. The van der Waals surface area contributed by atoms with Crippen LogP contribution in [0, 0.1) is 13.8 Å². The molecule has 26 heavy (non-hydrogen) atoms. The lowest BCUT2D eigenvalue weighted by atomic mass is 10.0. The zero-order valence-electron chi connectivity index (χ0n) is 15.5. The van der Waals surface area contributed by atoms with Gasteiger partial charge in [-0.1, -0.05) is 6.07 Å². The third-order valence-electron chi connectivity index (χ3n) is 4.36. The van der Waals surface area contributed by atoms with Crippen LogP contribution >= 0.6 is 0 Å². The first-order valence-electron chi connectivity index (χ1n) is 8.44. The molecular formula is C20H23NO5. The van der Waals surface area contributed by atoms with Crippen LogP contribution in [0.15, 0.2) is 34.9 Å². The molecular weight excluding hydrogens is 334 g/mol. The first-order chi connectivity index (χ1) is 12.5. The van der Waals surface area contributed by atoms with Crippen LogP contribution in [-0.2, 0) is 32.1 Å². The summed E-state index contributed by atoms with van der Waals surface area (Å²) < 4.78 is 15.6. The number of carbonyl (C=O) groups excluding carboxylic acids is 1. The number of rotatable bonds is 6. The predicted molar refractivity (Wildman–Crippen MR) is 97.5 cm³/mol. The number of methoxy groups -OCH3 is 2. The van der Waals surface area contributed by atoms with Gasteiger partial charge >= 0.3 is 5.97 Å². The van der Waals surface area contributed by atoms with Gasteiger partial charge in [-0.15, -0.1) is 0 Å². The maximum Gasteiger partial charge on any atom is 0.341 e. The summed E-state index contributed by atoms with van der Waals surface area (Å²) in [7, 11) is 2.85. The SMILES string of the molecule is COC=C(C(=O)OC)c1ccc2c(c1)CON2CCc1oc(C)cc1C. The number of esters is 1. The molecule has 0 unspecified atom stereocenters. The smallest absolute Gasteiger partial charge is 0.341 e. The first-order valence-corrected chi connectivity index (χ1v) is 8.44. The van der Waals surface area contributed by atoms with Crippen LogP contribution in [0.25, 0.3) is 5.57 Å². The lowest BCUT2D eigenvalue weighted by Gasteiger charge is -2.17. The molecule has 6 heteroatoms. The van der Waals surface area contributed by atoms with E-state index in [2.05, 4.69) is 0 Å². The number of anilines is 1. The van der Waals surface area contributed by atoms with E-state index < -0.39 is 5.97 Å². The summed E-state index contributed by atoms with van der Waals surface area (Å²) >= 11 is 0. The Balaban J connectivity index is 1.76. The topological polar surface area (TPSA) is 61.1 Å². The van der Waals surface area contributed by atoms with Crippen LogP contribution in [0.2, 0.25) is 0 Å². The third kappa shape index (κ3) is 3.60. The number of furan rings is 1. The van der Waals surface area contributed by atoms with Crippen LogP contribution in [0.4, 0.5) is 5.69 Å². The van der Waals surface area contributed by atoms with Gasteiger partial charge in [-0.25, -0.2) is 4.79 Å². The molecule has 0 fully saturated rings. The molecule has 1 aromatic heterocycles. The van der Waals surface area contributed by atoms with Gasteiger partial charge in [0.15, 0.2) is 0 Å². The number of fused-ring (bicyclic) bond motifs is 1. The maximum atomic E-state index is 11.9. The lowest BCUT2D eigenvalue weighted by molar-refractivity contribution is -0.133. The van der Waals surface area contributed by atoms with Gasteiger partial charge in [-0.2, -0.15) is 0 Å².